The van der Waals surface area contributed by atoms with Gasteiger partial charge in [0.1, 0.15) is 5.69 Å². The minimum absolute atomic E-state index is 0.00249. The Bertz CT molecular complexity index is 2490. The number of allylic oxidation sites excluding steroid dienone is 4. The summed E-state index contributed by atoms with van der Waals surface area (Å²) in [5.41, 5.74) is 0.198. The summed E-state index contributed by atoms with van der Waals surface area (Å²) in [7, 11) is 5.97. The van der Waals surface area contributed by atoms with Crippen molar-refractivity contribution in [1.29, 1.82) is 0 Å². The van der Waals surface area contributed by atoms with Crippen molar-refractivity contribution in [1.82, 2.24) is 23.5 Å². The fourth-order valence-electron chi connectivity index (χ4n) is 8.47. The minimum Gasteiger partial charge on any atom is -0.503 e. The molecule has 1 saturated carbocycles. The Morgan fingerprint density at radius 2 is 1.62 bits per heavy atom. The van der Waals surface area contributed by atoms with Crippen molar-refractivity contribution >= 4 is 34.2 Å². The maximum atomic E-state index is 14.3. The van der Waals surface area contributed by atoms with Gasteiger partial charge in [-0.3, -0.25) is 14.4 Å². The first-order valence-corrected chi connectivity index (χ1v) is 17.1. The summed E-state index contributed by atoms with van der Waals surface area (Å²) in [6.07, 6.45) is 1.90. The molecule has 2 aromatic carbocycles. The zero-order chi connectivity index (χ0) is 37.5. The maximum absolute atomic E-state index is 14.3. The third-order valence-electron chi connectivity index (χ3n) is 11.3. The largest absolute Gasteiger partial charge is 0.503 e. The summed E-state index contributed by atoms with van der Waals surface area (Å²) < 4.78 is 21.4. The molecule has 3 heterocycles. The quantitative estimate of drug-likeness (QED) is 0.278. The summed E-state index contributed by atoms with van der Waals surface area (Å²) in [5, 5.41) is 10.6. The van der Waals surface area contributed by atoms with Gasteiger partial charge in [0.15, 0.2) is 34.6 Å². The van der Waals surface area contributed by atoms with Gasteiger partial charge < -0.3 is 23.9 Å². The summed E-state index contributed by atoms with van der Waals surface area (Å²) in [6, 6.07) is 5.68. The van der Waals surface area contributed by atoms with Gasteiger partial charge in [0, 0.05) is 44.0 Å². The van der Waals surface area contributed by atoms with Crippen LogP contribution in [0.25, 0.3) is 11.0 Å². The molecule has 7 rings (SSSR count). The van der Waals surface area contributed by atoms with Gasteiger partial charge in [0.2, 0.25) is 0 Å². The molecule has 1 N–H and O–H groups in total. The molecule has 1 fully saturated rings. The van der Waals surface area contributed by atoms with Crippen LogP contribution < -0.4 is 31.1 Å². The molecule has 2 aromatic heterocycles. The number of aromatic hydroxyl groups is 1. The molecule has 15 heteroatoms. The van der Waals surface area contributed by atoms with Gasteiger partial charge in [-0.2, -0.15) is 0 Å². The average Bonchev–Trinajstić information content (AvgIpc) is 3.38. The second kappa shape index (κ2) is 12.4. The van der Waals surface area contributed by atoms with Crippen molar-refractivity contribution in [3.05, 3.63) is 94.7 Å². The van der Waals surface area contributed by atoms with Crippen molar-refractivity contribution in [3.8, 4) is 23.0 Å². The van der Waals surface area contributed by atoms with Crippen LogP contribution in [0.3, 0.4) is 0 Å². The standard InChI is InChI=1S/C37H38ClN5O9/c1-17-18(2)33(46)37(3)21(31(17)44)14-25-20(30(37)19-12-22(38)32(45)29(13-19)52-7)8-11-42-35(48)41(36(49)43(25)42)10-9-23-34(47)40(4)26-16-28(51-6)27(50-5)15-24(26)39-23/h8,12-13,15-16,21,25,30,45H,9-11,14H2,1-7H3/t21-,25+,30-,37+/m0/s1. The molecule has 0 radical (unpaired) electrons. The summed E-state index contributed by atoms with van der Waals surface area (Å²) in [5.74, 6) is -1.33. The third-order valence-corrected chi connectivity index (χ3v) is 11.6. The van der Waals surface area contributed by atoms with Gasteiger partial charge >= 0.3 is 11.4 Å². The number of aromatic nitrogens is 5. The molecule has 0 bridgehead atoms. The Labute approximate surface area is 302 Å². The number of hydrogen-bond acceptors (Lipinski definition) is 10. The van der Waals surface area contributed by atoms with Gasteiger partial charge in [0.25, 0.3) is 5.56 Å². The first-order chi connectivity index (χ1) is 24.7. The highest BCUT2D eigenvalue weighted by Crippen LogP contribution is 2.61. The fourth-order valence-corrected chi connectivity index (χ4v) is 8.69. The molecule has 4 aromatic rings. The number of Topliss-reactive ketones (excluding diaryl/α,β-unsaturated/α-hetero) is 2. The van der Waals surface area contributed by atoms with Gasteiger partial charge in [-0.25, -0.2) is 28.5 Å². The van der Waals surface area contributed by atoms with Gasteiger partial charge in [-0.15, -0.1) is 0 Å². The number of ketones is 2. The molecular formula is C37H38ClN5O9. The number of hydrogen-bond donors (Lipinski definition) is 1. The lowest BCUT2D eigenvalue weighted by molar-refractivity contribution is -0.140. The van der Waals surface area contributed by atoms with Crippen LogP contribution in [0.2, 0.25) is 5.02 Å². The average molecular weight is 732 g/mol. The molecule has 0 unspecified atom stereocenters. The molecule has 3 aliphatic rings. The van der Waals surface area contributed by atoms with Crippen molar-refractivity contribution < 1.29 is 28.9 Å². The van der Waals surface area contributed by atoms with E-state index in [2.05, 4.69) is 4.98 Å². The smallest absolute Gasteiger partial charge is 0.347 e. The molecule has 0 saturated heterocycles. The topological polar surface area (TPSA) is 166 Å². The lowest BCUT2D eigenvalue weighted by atomic mass is 9.50. The lowest BCUT2D eigenvalue weighted by Gasteiger charge is -2.53. The van der Waals surface area contributed by atoms with E-state index in [-0.39, 0.29) is 59.7 Å². The van der Waals surface area contributed by atoms with E-state index in [0.717, 1.165) is 4.57 Å². The number of phenolic OH excluding ortho intramolecular Hbond substituents is 1. The minimum atomic E-state index is -1.27. The number of carbonyl (C=O) groups is 2. The Hall–Kier alpha value is -5.37. The van der Waals surface area contributed by atoms with Crippen molar-refractivity contribution in [2.75, 3.05) is 21.3 Å². The maximum Gasteiger partial charge on any atom is 0.347 e. The van der Waals surface area contributed by atoms with Crippen LogP contribution in [0.15, 0.2) is 61.4 Å². The number of aryl methyl sites for hydroxylation is 2. The highest BCUT2D eigenvalue weighted by atomic mass is 35.5. The van der Waals surface area contributed by atoms with Gasteiger partial charge in [-0.1, -0.05) is 24.6 Å². The Morgan fingerprint density at radius 1 is 0.942 bits per heavy atom. The zero-order valence-electron chi connectivity index (χ0n) is 29.8. The lowest BCUT2D eigenvalue weighted by Crippen LogP contribution is -2.55. The van der Waals surface area contributed by atoms with Crippen LogP contribution in [0.1, 0.15) is 50.4 Å². The summed E-state index contributed by atoms with van der Waals surface area (Å²) in [6.45, 7) is 4.92. The summed E-state index contributed by atoms with van der Waals surface area (Å²) in [4.78, 5) is 74.4. The van der Waals surface area contributed by atoms with Crippen molar-refractivity contribution in [3.63, 3.8) is 0 Å². The molecule has 52 heavy (non-hydrogen) atoms. The molecule has 14 nitrogen and oxygen atoms in total. The second-order valence-electron chi connectivity index (χ2n) is 13.7. The van der Waals surface area contributed by atoms with E-state index in [1.165, 1.54) is 35.3 Å². The molecule has 0 spiro atoms. The second-order valence-corrected chi connectivity index (χ2v) is 14.1. The molecule has 0 amide bonds. The Kier molecular flexibility index (Phi) is 8.36. The number of benzene rings is 2. The van der Waals surface area contributed by atoms with E-state index >= 15 is 0 Å². The predicted molar refractivity (Wildman–Crippen MR) is 191 cm³/mol. The number of rotatable bonds is 7. The van der Waals surface area contributed by atoms with E-state index in [1.54, 1.807) is 52.1 Å². The normalized spacial score (nSPS) is 22.5. The predicted octanol–water partition coefficient (Wildman–Crippen LogP) is 3.47. The van der Waals surface area contributed by atoms with Crippen LogP contribution in [0.4, 0.5) is 0 Å². The van der Waals surface area contributed by atoms with E-state index in [4.69, 9.17) is 25.8 Å². The fraction of sp³-hybridized carbons (Fsp3) is 0.405. The van der Waals surface area contributed by atoms with Crippen LogP contribution in [-0.4, -0.2) is 61.5 Å². The number of fused-ring (bicyclic) bond motifs is 5. The van der Waals surface area contributed by atoms with Crippen molar-refractivity contribution in [2.45, 2.75) is 58.7 Å². The number of nitrogens with zero attached hydrogens (tertiary/aromatic N) is 5. The monoisotopic (exact) mass is 731 g/mol. The summed E-state index contributed by atoms with van der Waals surface area (Å²) >= 11 is 6.47. The molecule has 272 valence electrons. The number of methoxy groups -OCH3 is 3. The van der Waals surface area contributed by atoms with Crippen LogP contribution in [-0.2, 0) is 36.1 Å². The van der Waals surface area contributed by atoms with Gasteiger partial charge in [0.05, 0.1) is 55.4 Å². The Balaban J connectivity index is 1.33. The zero-order valence-corrected chi connectivity index (χ0v) is 30.5. The molecule has 4 atom stereocenters. The van der Waals surface area contributed by atoms with E-state index in [0.29, 0.717) is 44.8 Å². The number of ether oxygens (including phenoxy) is 3. The molecule has 2 aliphatic carbocycles. The van der Waals surface area contributed by atoms with Crippen LogP contribution >= 0.6 is 11.6 Å². The first-order valence-electron chi connectivity index (χ1n) is 16.8. The SMILES string of the molecule is COc1cc2nc(CCn3c(=O)n4n(c3=O)[C@@H]3C[C@H]5C(=O)C(C)=C(C)C(=O)[C@@]5(C)[C@@H](c5cc(Cl)c(O)c(OC)c5)C3=CC4)c(=O)n(C)c2cc1OC. The number of halogens is 1. The van der Waals surface area contributed by atoms with E-state index < -0.39 is 40.2 Å². The van der Waals surface area contributed by atoms with Crippen molar-refractivity contribution in [2.24, 2.45) is 18.4 Å². The Morgan fingerprint density at radius 3 is 2.29 bits per heavy atom. The molecular weight excluding hydrogens is 694 g/mol. The highest BCUT2D eigenvalue weighted by Gasteiger charge is 2.60. The van der Waals surface area contributed by atoms with Gasteiger partial charge in [-0.05, 0) is 54.7 Å². The number of phenols is 1. The van der Waals surface area contributed by atoms with E-state index in [9.17, 15) is 29.1 Å². The number of carbonyl (C=O) groups excluding carboxylic acids is 2. The first kappa shape index (κ1) is 35.1. The third kappa shape index (κ3) is 4.83. The van der Waals surface area contributed by atoms with Crippen LogP contribution in [0, 0.1) is 11.3 Å². The molecule has 1 aliphatic heterocycles. The van der Waals surface area contributed by atoms with E-state index in [1.807, 2.05) is 6.08 Å². The highest BCUT2D eigenvalue weighted by molar-refractivity contribution is 6.32. The van der Waals surface area contributed by atoms with Crippen LogP contribution in [0.5, 0.6) is 23.0 Å².